The second-order valence-corrected chi connectivity index (χ2v) is 5.72. The van der Waals surface area contributed by atoms with E-state index in [-0.39, 0.29) is 12.1 Å². The molecule has 146 valence electrons. The van der Waals surface area contributed by atoms with Crippen molar-refractivity contribution in [3.63, 3.8) is 0 Å². The molecule has 1 aromatic heterocycles. The van der Waals surface area contributed by atoms with Gasteiger partial charge in [-0.3, -0.25) is 14.4 Å². The van der Waals surface area contributed by atoms with Crippen LogP contribution in [0.2, 0.25) is 0 Å². The van der Waals surface area contributed by atoms with Crippen LogP contribution in [-0.4, -0.2) is 29.4 Å². The van der Waals surface area contributed by atoms with Crippen LogP contribution in [0, 0.1) is 6.92 Å². The fourth-order valence-corrected chi connectivity index (χ4v) is 2.50. The minimum atomic E-state index is -4.48. The van der Waals surface area contributed by atoms with Crippen molar-refractivity contribution in [1.29, 1.82) is 0 Å². The number of amides is 1. The summed E-state index contributed by atoms with van der Waals surface area (Å²) in [6.07, 6.45) is -2.88. The van der Waals surface area contributed by atoms with Gasteiger partial charge in [-0.2, -0.15) is 22.0 Å². The van der Waals surface area contributed by atoms with Crippen molar-refractivity contribution in [2.75, 3.05) is 6.54 Å². The van der Waals surface area contributed by atoms with E-state index in [4.69, 9.17) is 5.73 Å². The number of carbonyl (C=O) groups is 1. The zero-order valence-electron chi connectivity index (χ0n) is 14.2. The molecule has 0 fully saturated rings. The average molecular weight is 388 g/mol. The van der Waals surface area contributed by atoms with Gasteiger partial charge in [0, 0.05) is 30.0 Å². The number of nitrogens with zero attached hydrogens (tertiary/aromatic N) is 2. The standard InChI is InChI=1S/C17H17F5N4O/c1-10-4-12-5-11(2-3-14(12)26(10)16(18)19)7-25-15(27)13(6-23)8-24-9-17(20,21)22/h2-6,8,16H,7,9,23H2,1H3,(H,25,27). The number of nitrogens with one attached hydrogen (secondary N) is 1. The first-order valence-corrected chi connectivity index (χ1v) is 7.77. The normalized spacial score (nSPS) is 13.1. The van der Waals surface area contributed by atoms with Gasteiger partial charge in [0.1, 0.15) is 6.54 Å². The van der Waals surface area contributed by atoms with Crippen LogP contribution in [0.3, 0.4) is 0 Å². The Morgan fingerprint density at radius 3 is 2.63 bits per heavy atom. The summed E-state index contributed by atoms with van der Waals surface area (Å²) in [6, 6.07) is 6.33. The lowest BCUT2D eigenvalue weighted by molar-refractivity contribution is -0.119. The first kappa shape index (κ1) is 20.4. The van der Waals surface area contributed by atoms with Gasteiger partial charge in [0.15, 0.2) is 0 Å². The van der Waals surface area contributed by atoms with Crippen LogP contribution in [0.4, 0.5) is 22.0 Å². The summed E-state index contributed by atoms with van der Waals surface area (Å²) < 4.78 is 63.2. The highest BCUT2D eigenvalue weighted by Gasteiger charge is 2.26. The SMILES string of the molecule is Cc1cc2cc(CNC(=O)C(C=NCC(F)(F)F)=CN)ccc2n1C(F)F. The largest absolute Gasteiger partial charge is 0.407 e. The van der Waals surface area contributed by atoms with Crippen LogP contribution in [0.1, 0.15) is 17.8 Å². The molecule has 1 heterocycles. The van der Waals surface area contributed by atoms with Crippen molar-refractivity contribution in [1.82, 2.24) is 9.88 Å². The Balaban J connectivity index is 2.06. The van der Waals surface area contributed by atoms with Crippen LogP contribution >= 0.6 is 0 Å². The number of halogens is 5. The first-order valence-electron chi connectivity index (χ1n) is 7.77. The molecule has 0 unspecified atom stereocenters. The molecule has 5 nitrogen and oxygen atoms in total. The first-order chi connectivity index (χ1) is 12.6. The molecule has 0 aliphatic carbocycles. The van der Waals surface area contributed by atoms with Gasteiger partial charge in [-0.05, 0) is 30.7 Å². The molecule has 0 saturated heterocycles. The molecule has 27 heavy (non-hydrogen) atoms. The van der Waals surface area contributed by atoms with E-state index in [1.54, 1.807) is 25.1 Å². The number of fused-ring (bicyclic) bond motifs is 1. The van der Waals surface area contributed by atoms with Crippen LogP contribution < -0.4 is 11.1 Å². The van der Waals surface area contributed by atoms with E-state index in [1.165, 1.54) is 6.07 Å². The van der Waals surface area contributed by atoms with Gasteiger partial charge in [0.25, 0.3) is 5.91 Å². The van der Waals surface area contributed by atoms with Crippen LogP contribution in [-0.2, 0) is 11.3 Å². The lowest BCUT2D eigenvalue weighted by Gasteiger charge is -2.08. The number of rotatable bonds is 6. The molecule has 3 N–H and O–H groups in total. The van der Waals surface area contributed by atoms with Gasteiger partial charge in [-0.1, -0.05) is 6.07 Å². The molecule has 10 heteroatoms. The summed E-state index contributed by atoms with van der Waals surface area (Å²) in [5.74, 6) is -0.704. The summed E-state index contributed by atoms with van der Waals surface area (Å²) in [4.78, 5) is 15.1. The highest BCUT2D eigenvalue weighted by Crippen LogP contribution is 2.26. The molecule has 0 radical (unpaired) electrons. The average Bonchev–Trinajstić information content (AvgIpc) is 2.90. The van der Waals surface area contributed by atoms with Crippen molar-refractivity contribution in [2.24, 2.45) is 10.7 Å². The van der Waals surface area contributed by atoms with Gasteiger partial charge in [-0.15, -0.1) is 0 Å². The zero-order chi connectivity index (χ0) is 20.2. The Morgan fingerprint density at radius 1 is 1.33 bits per heavy atom. The summed E-state index contributed by atoms with van der Waals surface area (Å²) in [6.45, 7) is -2.49. The number of hydrogen-bond acceptors (Lipinski definition) is 3. The van der Waals surface area contributed by atoms with Gasteiger partial charge in [0.2, 0.25) is 0 Å². The van der Waals surface area contributed by atoms with E-state index in [2.05, 4.69) is 10.3 Å². The van der Waals surface area contributed by atoms with Crippen molar-refractivity contribution in [3.05, 3.63) is 47.3 Å². The number of aryl methyl sites for hydroxylation is 1. The molecule has 0 saturated carbocycles. The second kappa shape index (κ2) is 8.19. The Hall–Kier alpha value is -2.91. The molecule has 1 aromatic carbocycles. The van der Waals surface area contributed by atoms with E-state index >= 15 is 0 Å². The summed E-state index contributed by atoms with van der Waals surface area (Å²) in [7, 11) is 0. The van der Waals surface area contributed by atoms with Crippen LogP contribution in [0.25, 0.3) is 10.9 Å². The molecule has 2 rings (SSSR count). The minimum Gasteiger partial charge on any atom is -0.404 e. The maximum absolute atomic E-state index is 13.1. The lowest BCUT2D eigenvalue weighted by atomic mass is 10.1. The highest BCUT2D eigenvalue weighted by molar-refractivity contribution is 6.12. The van der Waals surface area contributed by atoms with Gasteiger partial charge >= 0.3 is 12.7 Å². The minimum absolute atomic E-state index is 0.0398. The van der Waals surface area contributed by atoms with E-state index in [1.807, 2.05) is 0 Å². The smallest absolute Gasteiger partial charge is 0.404 e. The van der Waals surface area contributed by atoms with Crippen molar-refractivity contribution in [3.8, 4) is 0 Å². The Morgan fingerprint density at radius 2 is 2.04 bits per heavy atom. The van der Waals surface area contributed by atoms with Crippen molar-refractivity contribution >= 4 is 23.0 Å². The maximum Gasteiger partial charge on any atom is 0.407 e. The predicted molar refractivity (Wildman–Crippen MR) is 91.5 cm³/mol. The van der Waals surface area contributed by atoms with Gasteiger partial charge < -0.3 is 11.1 Å². The molecular weight excluding hydrogens is 371 g/mol. The van der Waals surface area contributed by atoms with E-state index in [0.717, 1.165) is 17.0 Å². The molecule has 0 spiro atoms. The van der Waals surface area contributed by atoms with Gasteiger partial charge in [-0.25, -0.2) is 0 Å². The molecule has 0 aliphatic heterocycles. The van der Waals surface area contributed by atoms with Crippen LogP contribution in [0.5, 0.6) is 0 Å². The fourth-order valence-electron chi connectivity index (χ4n) is 2.50. The monoisotopic (exact) mass is 388 g/mol. The zero-order valence-corrected chi connectivity index (χ0v) is 14.2. The quantitative estimate of drug-likeness (QED) is 0.452. The third-order valence-electron chi connectivity index (χ3n) is 3.69. The molecular formula is C17H17F5N4O. The third-order valence-corrected chi connectivity index (χ3v) is 3.69. The molecule has 2 aromatic rings. The highest BCUT2D eigenvalue weighted by atomic mass is 19.4. The molecule has 0 bridgehead atoms. The maximum atomic E-state index is 13.1. The van der Waals surface area contributed by atoms with E-state index < -0.39 is 25.2 Å². The predicted octanol–water partition coefficient (Wildman–Crippen LogP) is 3.44. The Labute approximate surface area is 151 Å². The Bertz CT molecular complexity index is 883. The molecule has 1 amide bonds. The summed E-state index contributed by atoms with van der Waals surface area (Å²) >= 11 is 0. The number of benzene rings is 1. The summed E-state index contributed by atoms with van der Waals surface area (Å²) in [5.41, 5.74) is 6.41. The number of hydrogen-bond donors (Lipinski definition) is 2. The van der Waals surface area contributed by atoms with Crippen molar-refractivity contribution in [2.45, 2.75) is 26.2 Å². The Kier molecular flexibility index (Phi) is 6.19. The number of aliphatic imine (C=N–C) groups is 1. The third kappa shape index (κ3) is 5.28. The lowest BCUT2D eigenvalue weighted by Crippen LogP contribution is -2.26. The van der Waals surface area contributed by atoms with E-state index in [9.17, 15) is 26.7 Å². The second-order valence-electron chi connectivity index (χ2n) is 5.72. The van der Waals surface area contributed by atoms with E-state index in [0.29, 0.717) is 22.2 Å². The number of nitrogens with two attached hydrogens (primary N) is 1. The number of carbonyl (C=O) groups excluding carboxylic acids is 1. The van der Waals surface area contributed by atoms with Gasteiger partial charge in [0.05, 0.1) is 11.1 Å². The topological polar surface area (TPSA) is 72.4 Å². The summed E-state index contributed by atoms with van der Waals surface area (Å²) in [5, 5.41) is 3.08. The van der Waals surface area contributed by atoms with Crippen molar-refractivity contribution < 1.29 is 26.7 Å². The number of alkyl halides is 5. The number of aromatic nitrogens is 1. The fraction of sp³-hybridized carbons (Fsp3) is 0.294. The van der Waals surface area contributed by atoms with Crippen LogP contribution in [0.15, 0.2) is 41.0 Å². The molecule has 0 aliphatic rings. The molecule has 0 atom stereocenters.